The Kier molecular flexibility index (Phi) is 4.59. The van der Waals surface area contributed by atoms with E-state index < -0.39 is 0 Å². The van der Waals surface area contributed by atoms with Crippen molar-refractivity contribution >= 4 is 39.1 Å². The first-order valence-electron chi connectivity index (χ1n) is 7.22. The molecule has 0 bridgehead atoms. The van der Waals surface area contributed by atoms with Crippen LogP contribution in [-0.2, 0) is 6.54 Å². The van der Waals surface area contributed by atoms with E-state index in [4.69, 9.17) is 11.6 Å². The molecule has 1 aromatic heterocycles. The van der Waals surface area contributed by atoms with Gasteiger partial charge in [-0.05, 0) is 36.8 Å². The summed E-state index contributed by atoms with van der Waals surface area (Å²) in [6.45, 7) is 2.60. The summed E-state index contributed by atoms with van der Waals surface area (Å²) in [6, 6.07) is 11.6. The van der Waals surface area contributed by atoms with Crippen molar-refractivity contribution in [2.45, 2.75) is 19.9 Å². The lowest BCUT2D eigenvalue weighted by atomic mass is 10.2. The van der Waals surface area contributed by atoms with Gasteiger partial charge in [0, 0.05) is 17.1 Å². The first-order chi connectivity index (χ1) is 11.1. The molecule has 2 aromatic carbocycles. The van der Waals surface area contributed by atoms with Crippen LogP contribution in [0, 0.1) is 5.82 Å². The third-order valence-electron chi connectivity index (χ3n) is 3.37. The van der Waals surface area contributed by atoms with Gasteiger partial charge in [0.05, 0.1) is 10.2 Å². The average Bonchev–Trinajstić information content (AvgIpc) is 2.86. The smallest absolute Gasteiger partial charge is 0.279 e. The van der Waals surface area contributed by atoms with E-state index in [2.05, 4.69) is 4.99 Å². The molecule has 0 N–H and O–H groups in total. The summed E-state index contributed by atoms with van der Waals surface area (Å²) in [6.07, 6.45) is 0.818. The van der Waals surface area contributed by atoms with Gasteiger partial charge in [-0.2, -0.15) is 4.99 Å². The van der Waals surface area contributed by atoms with Crippen LogP contribution in [0.2, 0.25) is 5.02 Å². The number of hydrogen-bond donors (Lipinski definition) is 0. The lowest BCUT2D eigenvalue weighted by Gasteiger charge is -2.03. The van der Waals surface area contributed by atoms with Crippen molar-refractivity contribution in [1.29, 1.82) is 0 Å². The van der Waals surface area contributed by atoms with E-state index in [1.807, 2.05) is 13.0 Å². The van der Waals surface area contributed by atoms with Crippen molar-refractivity contribution in [2.75, 3.05) is 0 Å². The predicted octanol–water partition coefficient (Wildman–Crippen LogP) is 4.65. The minimum Gasteiger partial charge on any atom is -0.314 e. The number of aromatic nitrogens is 1. The molecule has 0 spiro atoms. The summed E-state index contributed by atoms with van der Waals surface area (Å²) >= 11 is 7.22. The largest absolute Gasteiger partial charge is 0.314 e. The van der Waals surface area contributed by atoms with Gasteiger partial charge in [0.1, 0.15) is 5.82 Å². The number of para-hydroxylation sites is 1. The van der Waals surface area contributed by atoms with Crippen LogP contribution in [0.15, 0.2) is 47.5 Å². The molecule has 0 aliphatic rings. The summed E-state index contributed by atoms with van der Waals surface area (Å²) < 4.78 is 16.7. The second-order valence-corrected chi connectivity index (χ2v) is 6.50. The Balaban J connectivity index is 2.17. The molecule has 0 fully saturated rings. The predicted molar refractivity (Wildman–Crippen MR) is 91.4 cm³/mol. The highest BCUT2D eigenvalue weighted by Crippen LogP contribution is 2.21. The number of aryl methyl sites for hydroxylation is 1. The maximum Gasteiger partial charge on any atom is 0.279 e. The number of benzene rings is 2. The van der Waals surface area contributed by atoms with Gasteiger partial charge in [0.2, 0.25) is 0 Å². The molecule has 6 heteroatoms. The van der Waals surface area contributed by atoms with Crippen molar-refractivity contribution in [3.8, 4) is 0 Å². The number of carbonyl (C=O) groups excluding carboxylic acids is 1. The number of carbonyl (C=O) groups is 1. The zero-order chi connectivity index (χ0) is 16.4. The van der Waals surface area contributed by atoms with Gasteiger partial charge in [0.25, 0.3) is 5.91 Å². The molecule has 0 unspecified atom stereocenters. The first-order valence-corrected chi connectivity index (χ1v) is 8.42. The number of amides is 1. The van der Waals surface area contributed by atoms with Crippen LogP contribution in [0.3, 0.4) is 0 Å². The quantitative estimate of drug-likeness (QED) is 0.678. The lowest BCUT2D eigenvalue weighted by molar-refractivity contribution is 0.0998. The zero-order valence-corrected chi connectivity index (χ0v) is 14.0. The Morgan fingerprint density at radius 2 is 2.09 bits per heavy atom. The van der Waals surface area contributed by atoms with Crippen LogP contribution in [0.4, 0.5) is 4.39 Å². The molecular weight excluding hydrogens is 335 g/mol. The average molecular weight is 349 g/mol. The van der Waals surface area contributed by atoms with Gasteiger partial charge < -0.3 is 4.57 Å². The maximum atomic E-state index is 14.1. The van der Waals surface area contributed by atoms with E-state index >= 15 is 0 Å². The topological polar surface area (TPSA) is 34.4 Å². The summed E-state index contributed by atoms with van der Waals surface area (Å²) in [5.74, 6) is -0.687. The molecule has 118 valence electrons. The molecule has 23 heavy (non-hydrogen) atoms. The standard InChI is InChI=1S/C17H14ClFN2OS/c1-2-9-21-15-13(19)7-4-8-14(15)23-17(21)20-16(22)11-5-3-6-12(18)10-11/h3-8,10H,2,9H2,1H3. The molecule has 0 aliphatic heterocycles. The van der Waals surface area contributed by atoms with Gasteiger partial charge in [-0.15, -0.1) is 0 Å². The summed E-state index contributed by atoms with van der Waals surface area (Å²) in [5.41, 5.74) is 0.912. The second kappa shape index (κ2) is 6.64. The van der Waals surface area contributed by atoms with Crippen LogP contribution in [0.25, 0.3) is 10.2 Å². The van der Waals surface area contributed by atoms with Gasteiger partial charge in [-0.1, -0.05) is 42.0 Å². The molecule has 0 aliphatic carbocycles. The maximum absolute atomic E-state index is 14.1. The van der Waals surface area contributed by atoms with Crippen molar-refractivity contribution in [3.63, 3.8) is 0 Å². The first kappa shape index (κ1) is 15.9. The normalized spacial score (nSPS) is 12.0. The molecule has 0 saturated heterocycles. The van der Waals surface area contributed by atoms with Gasteiger partial charge in [-0.3, -0.25) is 4.79 Å². The van der Waals surface area contributed by atoms with E-state index in [0.717, 1.165) is 11.1 Å². The van der Waals surface area contributed by atoms with Crippen LogP contribution in [-0.4, -0.2) is 10.5 Å². The zero-order valence-electron chi connectivity index (χ0n) is 12.4. The van der Waals surface area contributed by atoms with Crippen molar-refractivity contribution in [1.82, 2.24) is 4.57 Å². The van der Waals surface area contributed by atoms with Gasteiger partial charge in [-0.25, -0.2) is 4.39 Å². The molecule has 3 rings (SSSR count). The number of fused-ring (bicyclic) bond motifs is 1. The summed E-state index contributed by atoms with van der Waals surface area (Å²) in [7, 11) is 0. The number of rotatable bonds is 3. The second-order valence-electron chi connectivity index (χ2n) is 5.05. The number of thiazole rings is 1. The molecule has 0 saturated carbocycles. The fraction of sp³-hybridized carbons (Fsp3) is 0.176. The van der Waals surface area contributed by atoms with Crippen molar-refractivity contribution in [3.05, 3.63) is 63.7 Å². The molecule has 0 radical (unpaired) electrons. The van der Waals surface area contributed by atoms with Crippen LogP contribution >= 0.6 is 22.9 Å². The molecule has 0 atom stereocenters. The van der Waals surface area contributed by atoms with Crippen LogP contribution in [0.5, 0.6) is 0 Å². The Bertz CT molecular complexity index is 945. The number of halogens is 2. The molecule has 1 amide bonds. The molecule has 1 heterocycles. The number of hydrogen-bond acceptors (Lipinski definition) is 2. The van der Waals surface area contributed by atoms with Crippen LogP contribution in [0.1, 0.15) is 23.7 Å². The highest BCUT2D eigenvalue weighted by Gasteiger charge is 2.12. The lowest BCUT2D eigenvalue weighted by Crippen LogP contribution is -2.17. The van der Waals surface area contributed by atoms with Gasteiger partial charge in [0.15, 0.2) is 4.80 Å². The highest BCUT2D eigenvalue weighted by molar-refractivity contribution is 7.16. The highest BCUT2D eigenvalue weighted by atomic mass is 35.5. The third-order valence-corrected chi connectivity index (χ3v) is 4.65. The fourth-order valence-corrected chi connectivity index (χ4v) is 3.64. The molecule has 3 nitrogen and oxygen atoms in total. The van der Waals surface area contributed by atoms with E-state index in [-0.39, 0.29) is 11.7 Å². The Morgan fingerprint density at radius 1 is 1.30 bits per heavy atom. The number of nitrogens with zero attached hydrogens (tertiary/aromatic N) is 2. The van der Waals surface area contributed by atoms with Crippen molar-refractivity contribution < 1.29 is 9.18 Å². The Hall–Kier alpha value is -1.98. The summed E-state index contributed by atoms with van der Waals surface area (Å²) in [5, 5.41) is 0.481. The van der Waals surface area contributed by atoms with E-state index in [9.17, 15) is 9.18 Å². The van der Waals surface area contributed by atoms with Crippen molar-refractivity contribution in [2.24, 2.45) is 4.99 Å². The third kappa shape index (κ3) is 3.21. The van der Waals surface area contributed by atoms with E-state index in [1.54, 1.807) is 34.9 Å². The van der Waals surface area contributed by atoms with Gasteiger partial charge >= 0.3 is 0 Å². The van der Waals surface area contributed by atoms with E-state index in [1.165, 1.54) is 17.4 Å². The Morgan fingerprint density at radius 3 is 2.83 bits per heavy atom. The summed E-state index contributed by atoms with van der Waals surface area (Å²) in [4.78, 5) is 17.0. The van der Waals surface area contributed by atoms with E-state index in [0.29, 0.717) is 27.4 Å². The minimum absolute atomic E-state index is 0.302. The SMILES string of the molecule is CCCn1c(=NC(=O)c2cccc(Cl)c2)sc2cccc(F)c21. The van der Waals surface area contributed by atoms with Crippen LogP contribution < -0.4 is 4.80 Å². The molecular formula is C17H14ClFN2OS. The monoisotopic (exact) mass is 348 g/mol. The molecule has 3 aromatic rings. The Labute approximate surface area is 141 Å². The fourth-order valence-electron chi connectivity index (χ4n) is 2.38. The minimum atomic E-state index is -0.385.